The molecule has 0 atom stereocenters. The first-order valence-corrected chi connectivity index (χ1v) is 6.32. The average molecular weight is 234 g/mol. The number of fused-ring (bicyclic) bond motifs is 2. The molecule has 0 bridgehead atoms. The lowest BCUT2D eigenvalue weighted by molar-refractivity contribution is 0.0534. The molecule has 0 amide bonds. The van der Waals surface area contributed by atoms with Crippen LogP contribution >= 0.6 is 11.3 Å². The fraction of sp³-hybridized carbons (Fsp3) is 0.545. The van der Waals surface area contributed by atoms with Crippen LogP contribution in [0.15, 0.2) is 0 Å². The number of hydrogen-bond donors (Lipinski definition) is 2. The largest absolute Gasteiger partial charge is 0.389 e. The van der Waals surface area contributed by atoms with Gasteiger partial charge in [-0.1, -0.05) is 6.92 Å². The summed E-state index contributed by atoms with van der Waals surface area (Å²) >= 11 is 1.58. The summed E-state index contributed by atoms with van der Waals surface area (Å²) in [6, 6.07) is 2.27. The molecule has 0 unspecified atom stereocenters. The van der Waals surface area contributed by atoms with E-state index < -0.39 is 0 Å². The molecule has 84 valence electrons. The van der Waals surface area contributed by atoms with Gasteiger partial charge in [0.1, 0.15) is 11.1 Å². The Hall–Kier alpha value is -1.09. The molecule has 1 saturated heterocycles. The molecule has 1 aromatic heterocycles. The Bertz CT molecular complexity index is 481. The van der Waals surface area contributed by atoms with Gasteiger partial charge in [-0.05, 0) is 6.54 Å². The van der Waals surface area contributed by atoms with Crippen LogP contribution < -0.4 is 11.1 Å². The summed E-state index contributed by atoms with van der Waals surface area (Å²) in [7, 11) is 0. The van der Waals surface area contributed by atoms with Gasteiger partial charge in [0.15, 0.2) is 0 Å². The number of likely N-dealkylation sites (N-methyl/N-ethyl adjacent to an activating group) is 1. The predicted octanol–water partition coefficient (Wildman–Crippen LogP) is 0.836. The predicted molar refractivity (Wildman–Crippen MR) is 64.1 cm³/mol. The van der Waals surface area contributed by atoms with Crippen molar-refractivity contribution in [2.24, 2.45) is 0 Å². The standard InChI is InChI=1S/C11H14N4S/c1-2-15-4-8-9(11(15)5-14-6-11)7(3-12)10(13)16-8/h14H,2,4-6,13H2,1H3. The second kappa shape index (κ2) is 3.20. The second-order valence-corrected chi connectivity index (χ2v) is 5.54. The minimum Gasteiger partial charge on any atom is -0.389 e. The van der Waals surface area contributed by atoms with Crippen LogP contribution in [-0.4, -0.2) is 24.5 Å². The van der Waals surface area contributed by atoms with Crippen molar-refractivity contribution >= 4 is 16.3 Å². The van der Waals surface area contributed by atoms with E-state index in [4.69, 9.17) is 5.73 Å². The van der Waals surface area contributed by atoms with Crippen molar-refractivity contribution in [3.05, 3.63) is 16.0 Å². The maximum Gasteiger partial charge on any atom is 0.104 e. The zero-order valence-corrected chi connectivity index (χ0v) is 10.0. The van der Waals surface area contributed by atoms with Gasteiger partial charge in [-0.3, -0.25) is 4.90 Å². The van der Waals surface area contributed by atoms with Gasteiger partial charge in [0.2, 0.25) is 0 Å². The summed E-state index contributed by atoms with van der Waals surface area (Å²) in [6.07, 6.45) is 0. The Kier molecular flexibility index (Phi) is 2.02. The van der Waals surface area contributed by atoms with E-state index in [0.29, 0.717) is 5.00 Å². The van der Waals surface area contributed by atoms with Crippen LogP contribution in [0.4, 0.5) is 5.00 Å². The molecule has 0 aliphatic carbocycles. The van der Waals surface area contributed by atoms with Crippen LogP contribution in [0.25, 0.3) is 0 Å². The number of thiophene rings is 1. The average Bonchev–Trinajstić information content (AvgIpc) is 2.67. The molecule has 0 aromatic carbocycles. The van der Waals surface area contributed by atoms with E-state index in [1.54, 1.807) is 11.3 Å². The number of nitrogens with two attached hydrogens (primary N) is 1. The first-order chi connectivity index (χ1) is 7.73. The van der Waals surface area contributed by atoms with Crippen LogP contribution in [0.3, 0.4) is 0 Å². The molecule has 3 rings (SSSR count). The Labute approximate surface area is 98.7 Å². The molecule has 0 radical (unpaired) electrons. The van der Waals surface area contributed by atoms with Crippen molar-refractivity contribution in [2.45, 2.75) is 19.0 Å². The van der Waals surface area contributed by atoms with Crippen molar-refractivity contribution in [3.8, 4) is 6.07 Å². The molecule has 5 heteroatoms. The fourth-order valence-electron chi connectivity index (χ4n) is 2.87. The van der Waals surface area contributed by atoms with Crippen LogP contribution in [0.2, 0.25) is 0 Å². The van der Waals surface area contributed by atoms with Crippen molar-refractivity contribution in [1.82, 2.24) is 10.2 Å². The third kappa shape index (κ3) is 0.995. The Morgan fingerprint density at radius 3 is 2.88 bits per heavy atom. The summed E-state index contributed by atoms with van der Waals surface area (Å²) in [5.74, 6) is 0. The van der Waals surface area contributed by atoms with E-state index in [9.17, 15) is 5.26 Å². The second-order valence-electron chi connectivity index (χ2n) is 4.40. The Balaban J connectivity index is 2.17. The lowest BCUT2D eigenvalue weighted by Gasteiger charge is -2.46. The number of nitrogens with one attached hydrogen (secondary N) is 1. The van der Waals surface area contributed by atoms with Crippen molar-refractivity contribution in [3.63, 3.8) is 0 Å². The van der Waals surface area contributed by atoms with Gasteiger partial charge >= 0.3 is 0 Å². The number of hydrogen-bond acceptors (Lipinski definition) is 5. The van der Waals surface area contributed by atoms with Crippen LogP contribution in [-0.2, 0) is 12.1 Å². The van der Waals surface area contributed by atoms with E-state index in [-0.39, 0.29) is 5.54 Å². The summed E-state index contributed by atoms with van der Waals surface area (Å²) in [5.41, 5.74) is 7.89. The van der Waals surface area contributed by atoms with E-state index in [0.717, 1.165) is 31.7 Å². The normalized spacial score (nSPS) is 21.8. The summed E-state index contributed by atoms with van der Waals surface area (Å²) in [5, 5.41) is 13.2. The molecule has 3 heterocycles. The van der Waals surface area contributed by atoms with Crippen LogP contribution in [0, 0.1) is 11.3 Å². The first kappa shape index (κ1) is 10.1. The van der Waals surface area contributed by atoms with Gasteiger partial charge in [-0.2, -0.15) is 5.26 Å². The van der Waals surface area contributed by atoms with Gasteiger partial charge < -0.3 is 11.1 Å². The van der Waals surface area contributed by atoms with Crippen molar-refractivity contribution in [1.29, 1.82) is 5.26 Å². The summed E-state index contributed by atoms with van der Waals surface area (Å²) < 4.78 is 0. The van der Waals surface area contributed by atoms with Gasteiger partial charge in [-0.25, -0.2) is 0 Å². The van der Waals surface area contributed by atoms with E-state index in [1.165, 1.54) is 10.4 Å². The van der Waals surface area contributed by atoms with Gasteiger partial charge in [0.25, 0.3) is 0 Å². The van der Waals surface area contributed by atoms with Crippen LogP contribution in [0.5, 0.6) is 0 Å². The Morgan fingerprint density at radius 1 is 1.62 bits per heavy atom. The highest BCUT2D eigenvalue weighted by molar-refractivity contribution is 7.16. The third-order valence-electron chi connectivity index (χ3n) is 3.74. The fourth-order valence-corrected chi connectivity index (χ4v) is 4.00. The maximum absolute atomic E-state index is 9.22. The zero-order chi connectivity index (χ0) is 11.3. The number of nitrogens with zero attached hydrogens (tertiary/aromatic N) is 2. The molecule has 2 aliphatic heterocycles. The maximum atomic E-state index is 9.22. The molecule has 0 saturated carbocycles. The highest BCUT2D eigenvalue weighted by atomic mass is 32.1. The lowest BCUT2D eigenvalue weighted by atomic mass is 9.83. The molecular formula is C11H14N4S. The van der Waals surface area contributed by atoms with Gasteiger partial charge in [0, 0.05) is 30.1 Å². The SMILES string of the molecule is CCN1Cc2sc(N)c(C#N)c2C12CNC2. The zero-order valence-electron chi connectivity index (χ0n) is 9.21. The van der Waals surface area contributed by atoms with Crippen molar-refractivity contribution in [2.75, 3.05) is 25.4 Å². The number of anilines is 1. The molecule has 3 N–H and O–H groups in total. The Morgan fingerprint density at radius 2 is 2.38 bits per heavy atom. The van der Waals surface area contributed by atoms with E-state index in [1.807, 2.05) is 0 Å². The molecule has 2 aliphatic rings. The topological polar surface area (TPSA) is 65.1 Å². The van der Waals surface area contributed by atoms with E-state index in [2.05, 4.69) is 23.2 Å². The lowest BCUT2D eigenvalue weighted by Crippen LogP contribution is -2.63. The van der Waals surface area contributed by atoms with Gasteiger partial charge in [0.05, 0.1) is 11.1 Å². The quantitative estimate of drug-likeness (QED) is 0.755. The van der Waals surface area contributed by atoms with E-state index >= 15 is 0 Å². The number of nitriles is 1. The number of rotatable bonds is 1. The van der Waals surface area contributed by atoms with Crippen molar-refractivity contribution < 1.29 is 0 Å². The molecule has 4 nitrogen and oxygen atoms in total. The molecule has 1 spiro atoms. The van der Waals surface area contributed by atoms with Gasteiger partial charge in [-0.15, -0.1) is 11.3 Å². The van der Waals surface area contributed by atoms with Crippen LogP contribution in [0.1, 0.15) is 22.9 Å². The highest BCUT2D eigenvalue weighted by Gasteiger charge is 2.51. The summed E-state index contributed by atoms with van der Waals surface area (Å²) in [4.78, 5) is 3.74. The first-order valence-electron chi connectivity index (χ1n) is 5.50. The monoisotopic (exact) mass is 234 g/mol. The minimum absolute atomic E-state index is 0.0588. The smallest absolute Gasteiger partial charge is 0.104 e. The molecule has 1 aromatic rings. The third-order valence-corrected chi connectivity index (χ3v) is 4.75. The molecule has 16 heavy (non-hydrogen) atoms. The molecule has 1 fully saturated rings. The summed E-state index contributed by atoms with van der Waals surface area (Å²) in [6.45, 7) is 6.03. The minimum atomic E-state index is 0.0588. The highest BCUT2D eigenvalue weighted by Crippen LogP contribution is 2.48. The number of nitrogen functional groups attached to an aromatic ring is 1. The molecular weight excluding hydrogens is 220 g/mol.